The van der Waals surface area contributed by atoms with E-state index in [1.54, 1.807) is 0 Å². The molecule has 0 bridgehead atoms. The van der Waals surface area contributed by atoms with Crippen molar-refractivity contribution in [2.45, 2.75) is 401 Å². The molecule has 0 aliphatic heterocycles. The molecule has 17 nitrogen and oxygen atoms in total. The van der Waals surface area contributed by atoms with E-state index >= 15 is 0 Å². The molecule has 0 aliphatic rings. The SMILES string of the molecule is CCCCCC/C=C\C=C/CCCCCCCC(=O)O[C@H](COC(=O)CCCCCCCCCCCCCCCCC(C)CC)COP(=O)(O)OC[C@@H](O)COP(=O)(O)OC[C@@H](COC(=O)CCCCCCCCC(C)C)OC(=O)CCCCCCCCCCCCCCCC(C)C. The van der Waals surface area contributed by atoms with Gasteiger partial charge >= 0.3 is 39.5 Å². The van der Waals surface area contributed by atoms with Crippen LogP contribution < -0.4 is 0 Å². The largest absolute Gasteiger partial charge is 0.472 e. The van der Waals surface area contributed by atoms with Crippen molar-refractivity contribution in [2.75, 3.05) is 39.6 Å². The van der Waals surface area contributed by atoms with Crippen molar-refractivity contribution in [1.29, 1.82) is 0 Å². The molecule has 0 spiro atoms. The molecule has 3 N–H and O–H groups in total. The minimum atomic E-state index is -4.97. The molecule has 0 saturated carbocycles. The van der Waals surface area contributed by atoms with Gasteiger partial charge in [0.1, 0.15) is 19.3 Å². The van der Waals surface area contributed by atoms with Gasteiger partial charge in [-0.2, -0.15) is 0 Å². The minimum absolute atomic E-state index is 0.0850. The quantitative estimate of drug-likeness (QED) is 0.0169. The zero-order chi connectivity index (χ0) is 72.3. The molecule has 0 fully saturated rings. The van der Waals surface area contributed by atoms with E-state index in [2.05, 4.69) is 72.8 Å². The monoisotopic (exact) mass is 1430 g/mol. The Hall–Kier alpha value is -2.46. The Kier molecular flexibility index (Phi) is 67.2. The van der Waals surface area contributed by atoms with Gasteiger partial charge in [-0.1, -0.05) is 330 Å². The smallest absolute Gasteiger partial charge is 0.462 e. The lowest BCUT2D eigenvalue weighted by atomic mass is 9.99. The summed E-state index contributed by atoms with van der Waals surface area (Å²) >= 11 is 0. The Balaban J connectivity index is 5.26. The van der Waals surface area contributed by atoms with Crippen LogP contribution in [0.5, 0.6) is 0 Å². The molecule has 19 heteroatoms. The Bertz CT molecular complexity index is 2000. The number of rotatable bonds is 75. The number of hydrogen-bond donors (Lipinski definition) is 3. The molecule has 0 aliphatic carbocycles. The second kappa shape index (κ2) is 68.9. The van der Waals surface area contributed by atoms with Gasteiger partial charge in [-0.25, -0.2) is 9.13 Å². The van der Waals surface area contributed by atoms with Crippen LogP contribution in [0.15, 0.2) is 24.3 Å². The molecule has 6 atom stereocenters. The maximum absolute atomic E-state index is 13.1. The topological polar surface area (TPSA) is 237 Å². The maximum atomic E-state index is 13.1. The third-order valence-corrected chi connectivity index (χ3v) is 20.0. The normalized spacial score (nSPS) is 14.4. The van der Waals surface area contributed by atoms with Crippen LogP contribution in [0, 0.1) is 17.8 Å². The maximum Gasteiger partial charge on any atom is 0.472 e. The Morgan fingerprint density at radius 2 is 0.602 bits per heavy atom. The molecule has 0 amide bonds. The highest BCUT2D eigenvalue weighted by molar-refractivity contribution is 7.47. The summed E-state index contributed by atoms with van der Waals surface area (Å²) in [5.41, 5.74) is 0. The number of unbranched alkanes of at least 4 members (excludes halogenated alkanes) is 39. The first-order valence-corrected chi connectivity index (χ1v) is 43.2. The van der Waals surface area contributed by atoms with Gasteiger partial charge in [0.05, 0.1) is 26.4 Å². The van der Waals surface area contributed by atoms with Gasteiger partial charge in [-0.05, 0) is 69.1 Å². The lowest BCUT2D eigenvalue weighted by molar-refractivity contribution is -0.161. The number of aliphatic hydroxyl groups is 1. The number of phosphoric acid groups is 2. The second-order valence-electron chi connectivity index (χ2n) is 29.0. The minimum Gasteiger partial charge on any atom is -0.462 e. The fourth-order valence-corrected chi connectivity index (χ4v) is 13.1. The van der Waals surface area contributed by atoms with Crippen LogP contribution in [0.3, 0.4) is 0 Å². The number of allylic oxidation sites excluding steroid dienone is 4. The van der Waals surface area contributed by atoms with Crippen LogP contribution in [0.1, 0.15) is 382 Å². The molecule has 98 heavy (non-hydrogen) atoms. The fraction of sp³-hybridized carbons (Fsp3) is 0.899. The molecule has 578 valence electrons. The molecule has 0 radical (unpaired) electrons. The Morgan fingerprint density at radius 1 is 0.337 bits per heavy atom. The molecule has 0 rings (SSSR count). The lowest BCUT2D eigenvalue weighted by Crippen LogP contribution is -2.30. The van der Waals surface area contributed by atoms with Crippen LogP contribution in [0.25, 0.3) is 0 Å². The highest BCUT2D eigenvalue weighted by Crippen LogP contribution is 2.45. The van der Waals surface area contributed by atoms with Crippen molar-refractivity contribution in [2.24, 2.45) is 17.8 Å². The van der Waals surface area contributed by atoms with Crippen molar-refractivity contribution in [1.82, 2.24) is 0 Å². The number of esters is 4. The van der Waals surface area contributed by atoms with Crippen LogP contribution >= 0.6 is 15.6 Å². The summed E-state index contributed by atoms with van der Waals surface area (Å²) < 4.78 is 68.6. The Labute approximate surface area is 599 Å². The van der Waals surface area contributed by atoms with Crippen LogP contribution in [-0.2, 0) is 65.4 Å². The van der Waals surface area contributed by atoms with E-state index in [0.717, 1.165) is 121 Å². The molecule has 3 unspecified atom stereocenters. The highest BCUT2D eigenvalue weighted by atomic mass is 31.2. The van der Waals surface area contributed by atoms with Gasteiger partial charge in [-0.15, -0.1) is 0 Å². The van der Waals surface area contributed by atoms with Crippen LogP contribution in [0.2, 0.25) is 0 Å². The van der Waals surface area contributed by atoms with Gasteiger partial charge < -0.3 is 33.8 Å². The number of hydrogen-bond acceptors (Lipinski definition) is 15. The van der Waals surface area contributed by atoms with Crippen molar-refractivity contribution in [3.63, 3.8) is 0 Å². The van der Waals surface area contributed by atoms with Crippen LogP contribution in [-0.4, -0.2) is 96.7 Å². The summed E-state index contributed by atoms with van der Waals surface area (Å²) in [4.78, 5) is 72.9. The third-order valence-electron chi connectivity index (χ3n) is 18.1. The van der Waals surface area contributed by atoms with Crippen LogP contribution in [0.4, 0.5) is 0 Å². The molecular weight excluding hydrogens is 1280 g/mol. The fourth-order valence-electron chi connectivity index (χ4n) is 11.6. The summed E-state index contributed by atoms with van der Waals surface area (Å²) in [5.74, 6) is 0.165. The predicted octanol–water partition coefficient (Wildman–Crippen LogP) is 22.9. The van der Waals surface area contributed by atoms with E-state index in [9.17, 15) is 43.2 Å². The van der Waals surface area contributed by atoms with Gasteiger partial charge in [0.15, 0.2) is 12.2 Å². The number of phosphoric ester groups is 2. The van der Waals surface area contributed by atoms with E-state index in [1.807, 2.05) is 0 Å². The number of ether oxygens (including phenoxy) is 4. The lowest BCUT2D eigenvalue weighted by Gasteiger charge is -2.21. The summed E-state index contributed by atoms with van der Waals surface area (Å²) in [7, 11) is -9.93. The van der Waals surface area contributed by atoms with E-state index in [1.165, 1.54) is 173 Å². The van der Waals surface area contributed by atoms with Gasteiger partial charge in [-0.3, -0.25) is 37.3 Å². The molecule has 0 aromatic rings. The standard InChI is InChI=1S/C79H150O17P2/c1-8-10-11-12-13-14-15-16-17-24-29-34-39-48-55-62-78(83)95-74(66-89-76(81)60-53-46-38-33-28-23-19-18-22-27-32-37-45-52-59-72(7)9-2)68-93-97(85,86)91-64-73(80)65-92-98(87,88)94-69-75(67-90-77(82)61-54-47-42-41-44-51-58-71(5)6)96-79(84)63-56-49-40-35-30-25-20-21-26-31-36-43-50-57-70(3)4/h14-17,70-75,80H,8-13,18-69H2,1-7H3,(H,85,86)(H,87,88)/b15-14-,17-16-/t72?,73-,74-,75-/m1/s1. The first-order chi connectivity index (χ1) is 47.3. The average molecular weight is 1430 g/mol. The van der Waals surface area contributed by atoms with Gasteiger partial charge in [0, 0.05) is 25.7 Å². The summed E-state index contributed by atoms with van der Waals surface area (Å²) in [6, 6.07) is 0. The molecule has 0 aromatic carbocycles. The predicted molar refractivity (Wildman–Crippen MR) is 400 cm³/mol. The summed E-state index contributed by atoms with van der Waals surface area (Å²) in [6.45, 7) is 11.8. The summed E-state index contributed by atoms with van der Waals surface area (Å²) in [5, 5.41) is 10.6. The number of carbonyl (C=O) groups is 4. The van der Waals surface area contributed by atoms with E-state index in [-0.39, 0.29) is 25.7 Å². The zero-order valence-electron chi connectivity index (χ0n) is 63.7. The van der Waals surface area contributed by atoms with Crippen molar-refractivity contribution in [3.05, 3.63) is 24.3 Å². The van der Waals surface area contributed by atoms with Gasteiger partial charge in [0.25, 0.3) is 0 Å². The first-order valence-electron chi connectivity index (χ1n) is 40.2. The van der Waals surface area contributed by atoms with Gasteiger partial charge in [0.2, 0.25) is 0 Å². The van der Waals surface area contributed by atoms with Crippen molar-refractivity contribution in [3.8, 4) is 0 Å². The van der Waals surface area contributed by atoms with Crippen molar-refractivity contribution < 1.29 is 80.2 Å². The Morgan fingerprint density at radius 3 is 0.908 bits per heavy atom. The molecule has 0 aromatic heterocycles. The molecular formula is C79H150O17P2. The molecule has 0 saturated heterocycles. The van der Waals surface area contributed by atoms with E-state index in [4.69, 9.17) is 37.0 Å². The van der Waals surface area contributed by atoms with E-state index < -0.39 is 97.5 Å². The van der Waals surface area contributed by atoms with E-state index in [0.29, 0.717) is 31.6 Å². The first kappa shape index (κ1) is 95.5. The average Bonchev–Trinajstić information content (AvgIpc) is 1.18. The highest BCUT2D eigenvalue weighted by Gasteiger charge is 2.30. The van der Waals surface area contributed by atoms with Crippen molar-refractivity contribution >= 4 is 39.5 Å². The molecule has 0 heterocycles. The second-order valence-corrected chi connectivity index (χ2v) is 31.9. The third kappa shape index (κ3) is 70.6. The number of carbonyl (C=O) groups excluding carboxylic acids is 4. The summed E-state index contributed by atoms with van der Waals surface area (Å²) in [6.07, 6.45) is 59.1. The number of aliphatic hydroxyl groups excluding tert-OH is 1. The zero-order valence-corrected chi connectivity index (χ0v) is 65.5.